The Morgan fingerprint density at radius 3 is 1.05 bits per heavy atom. The molecule has 58 heavy (non-hydrogen) atoms. The van der Waals surface area contributed by atoms with Gasteiger partial charge in [-0.2, -0.15) is 0 Å². The molecule has 0 saturated heterocycles. The quantitative estimate of drug-likeness (QED) is 0.0264. The maximum Gasteiger partial charge on any atom is 0.306 e. The molecule has 0 N–H and O–H groups in total. The molecule has 0 fully saturated rings. The number of unbranched alkanes of at least 4 members (excludes halogenated alkanes) is 25. The van der Waals surface area contributed by atoms with Crippen molar-refractivity contribution in [3.05, 3.63) is 60.8 Å². The van der Waals surface area contributed by atoms with Gasteiger partial charge in [0.1, 0.15) is 13.2 Å². The van der Waals surface area contributed by atoms with E-state index in [2.05, 4.69) is 81.5 Å². The van der Waals surface area contributed by atoms with Crippen molar-refractivity contribution >= 4 is 17.9 Å². The number of hydrogen-bond donors (Lipinski definition) is 0. The summed E-state index contributed by atoms with van der Waals surface area (Å²) in [6.07, 6.45) is 56.3. The molecule has 0 aromatic heterocycles. The highest BCUT2D eigenvalue weighted by Gasteiger charge is 2.19. The first-order valence-corrected chi connectivity index (χ1v) is 24.3. The summed E-state index contributed by atoms with van der Waals surface area (Å²) >= 11 is 0. The Bertz CT molecular complexity index is 1070. The van der Waals surface area contributed by atoms with E-state index in [1.807, 2.05) is 0 Å². The Morgan fingerprint density at radius 1 is 0.362 bits per heavy atom. The summed E-state index contributed by atoms with van der Waals surface area (Å²) in [6, 6.07) is 0. The Labute approximate surface area is 358 Å². The van der Waals surface area contributed by atoms with Crippen LogP contribution >= 0.6 is 0 Å². The fourth-order valence-corrected chi connectivity index (χ4v) is 6.67. The lowest BCUT2D eigenvalue weighted by atomic mass is 10.1. The third-order valence-corrected chi connectivity index (χ3v) is 10.3. The summed E-state index contributed by atoms with van der Waals surface area (Å²) in [5, 5.41) is 0. The zero-order valence-electron chi connectivity index (χ0n) is 38.0. The Morgan fingerprint density at radius 2 is 0.672 bits per heavy atom. The van der Waals surface area contributed by atoms with E-state index >= 15 is 0 Å². The van der Waals surface area contributed by atoms with Crippen molar-refractivity contribution in [2.45, 2.75) is 239 Å². The highest BCUT2D eigenvalue weighted by Crippen LogP contribution is 2.14. The van der Waals surface area contributed by atoms with Crippen LogP contribution in [-0.2, 0) is 28.6 Å². The summed E-state index contributed by atoms with van der Waals surface area (Å²) in [5.41, 5.74) is 0. The van der Waals surface area contributed by atoms with Crippen LogP contribution < -0.4 is 0 Å². The van der Waals surface area contributed by atoms with E-state index in [4.69, 9.17) is 14.2 Å². The van der Waals surface area contributed by atoms with Crippen molar-refractivity contribution in [1.82, 2.24) is 0 Å². The molecule has 0 bridgehead atoms. The van der Waals surface area contributed by atoms with Crippen LogP contribution in [0.2, 0.25) is 0 Å². The summed E-state index contributed by atoms with van der Waals surface area (Å²) in [4.78, 5) is 37.8. The molecule has 0 spiro atoms. The average molecular weight is 811 g/mol. The van der Waals surface area contributed by atoms with Crippen molar-refractivity contribution < 1.29 is 28.6 Å². The smallest absolute Gasteiger partial charge is 0.306 e. The van der Waals surface area contributed by atoms with Gasteiger partial charge in [0.05, 0.1) is 0 Å². The van der Waals surface area contributed by atoms with Crippen LogP contribution in [0.5, 0.6) is 0 Å². The Balaban J connectivity index is 4.37. The Kier molecular flexibility index (Phi) is 44.5. The molecule has 6 nitrogen and oxygen atoms in total. The van der Waals surface area contributed by atoms with Gasteiger partial charge in [0, 0.05) is 19.3 Å². The van der Waals surface area contributed by atoms with Crippen LogP contribution in [0.15, 0.2) is 60.8 Å². The van der Waals surface area contributed by atoms with Gasteiger partial charge in [0.25, 0.3) is 0 Å². The van der Waals surface area contributed by atoms with Gasteiger partial charge in [-0.15, -0.1) is 0 Å². The molecule has 0 heterocycles. The molecule has 334 valence electrons. The molecule has 1 unspecified atom stereocenters. The van der Waals surface area contributed by atoms with E-state index in [9.17, 15) is 14.4 Å². The standard InChI is InChI=1S/C52H90O6/c1-4-7-10-13-16-19-21-23-24-25-26-27-29-30-33-36-39-42-45-51(54)57-48-49(47-56-50(53)44-41-38-35-32-18-15-12-9-6-3)58-52(55)46-43-40-37-34-31-28-22-20-17-14-11-8-5-2/h8,11,14,17,20,22,24-27,49H,4-7,9-10,12-13,15-16,18-19,21,23,28-48H2,1-3H3/b11-8-,17-14-,22-20-,25-24-,27-26-. The molecule has 0 aliphatic rings. The fraction of sp³-hybridized carbons (Fsp3) is 0.750. The zero-order chi connectivity index (χ0) is 42.3. The van der Waals surface area contributed by atoms with Crippen molar-refractivity contribution in [2.75, 3.05) is 13.2 Å². The molecular formula is C52H90O6. The van der Waals surface area contributed by atoms with E-state index in [0.29, 0.717) is 19.3 Å². The van der Waals surface area contributed by atoms with E-state index in [1.165, 1.54) is 89.9 Å². The first-order chi connectivity index (χ1) is 28.5. The molecule has 0 saturated carbocycles. The molecule has 0 rings (SSSR count). The molecule has 1 atom stereocenters. The lowest BCUT2D eigenvalue weighted by molar-refractivity contribution is -0.167. The van der Waals surface area contributed by atoms with Gasteiger partial charge in [0.15, 0.2) is 6.10 Å². The lowest BCUT2D eigenvalue weighted by Gasteiger charge is -2.18. The first kappa shape index (κ1) is 55.1. The molecular weight excluding hydrogens is 721 g/mol. The normalized spacial score (nSPS) is 12.5. The molecule has 0 aliphatic carbocycles. The first-order valence-electron chi connectivity index (χ1n) is 24.3. The molecule has 6 heteroatoms. The number of ether oxygens (including phenoxy) is 3. The molecule has 0 aliphatic heterocycles. The number of esters is 3. The third-order valence-electron chi connectivity index (χ3n) is 10.3. The number of rotatable bonds is 43. The van der Waals surface area contributed by atoms with Crippen LogP contribution in [0, 0.1) is 0 Å². The third kappa shape index (κ3) is 44.2. The number of carbonyl (C=O) groups excluding carboxylic acids is 3. The van der Waals surface area contributed by atoms with Crippen LogP contribution in [-0.4, -0.2) is 37.2 Å². The second-order valence-corrected chi connectivity index (χ2v) is 16.1. The van der Waals surface area contributed by atoms with Crippen LogP contribution in [0.25, 0.3) is 0 Å². The van der Waals surface area contributed by atoms with Crippen LogP contribution in [0.4, 0.5) is 0 Å². The summed E-state index contributed by atoms with van der Waals surface area (Å²) in [5.74, 6) is -0.926. The molecule has 0 aromatic carbocycles. The van der Waals surface area contributed by atoms with Crippen molar-refractivity contribution in [1.29, 1.82) is 0 Å². The molecule has 0 aromatic rings. The minimum atomic E-state index is -0.787. The zero-order valence-corrected chi connectivity index (χ0v) is 38.0. The van der Waals surface area contributed by atoms with E-state index in [1.54, 1.807) is 0 Å². The van der Waals surface area contributed by atoms with Gasteiger partial charge in [-0.25, -0.2) is 0 Å². The van der Waals surface area contributed by atoms with Gasteiger partial charge < -0.3 is 14.2 Å². The maximum absolute atomic E-state index is 12.7. The second-order valence-electron chi connectivity index (χ2n) is 16.1. The van der Waals surface area contributed by atoms with E-state index in [-0.39, 0.29) is 31.1 Å². The summed E-state index contributed by atoms with van der Waals surface area (Å²) in [6.45, 7) is 6.44. The van der Waals surface area contributed by atoms with Crippen LogP contribution in [0.1, 0.15) is 233 Å². The fourth-order valence-electron chi connectivity index (χ4n) is 6.67. The van der Waals surface area contributed by atoms with Gasteiger partial charge in [-0.05, 0) is 64.2 Å². The summed E-state index contributed by atoms with van der Waals surface area (Å²) < 4.78 is 16.7. The van der Waals surface area contributed by atoms with Gasteiger partial charge in [0.2, 0.25) is 0 Å². The number of allylic oxidation sites excluding steroid dienone is 10. The summed E-state index contributed by atoms with van der Waals surface area (Å²) in [7, 11) is 0. The highest BCUT2D eigenvalue weighted by molar-refractivity contribution is 5.71. The van der Waals surface area contributed by atoms with Crippen molar-refractivity contribution in [2.24, 2.45) is 0 Å². The minimum absolute atomic E-state index is 0.0870. The predicted molar refractivity (Wildman–Crippen MR) is 247 cm³/mol. The average Bonchev–Trinajstić information content (AvgIpc) is 3.22. The lowest BCUT2D eigenvalue weighted by Crippen LogP contribution is -2.30. The molecule has 0 radical (unpaired) electrons. The second kappa shape index (κ2) is 46.8. The van der Waals surface area contributed by atoms with Crippen molar-refractivity contribution in [3.8, 4) is 0 Å². The largest absolute Gasteiger partial charge is 0.462 e. The van der Waals surface area contributed by atoms with Gasteiger partial charge >= 0.3 is 17.9 Å². The number of hydrogen-bond acceptors (Lipinski definition) is 6. The minimum Gasteiger partial charge on any atom is -0.462 e. The Hall–Kier alpha value is -2.89. The van der Waals surface area contributed by atoms with Crippen molar-refractivity contribution in [3.63, 3.8) is 0 Å². The predicted octanol–water partition coefficient (Wildman–Crippen LogP) is 15.7. The topological polar surface area (TPSA) is 78.9 Å². The monoisotopic (exact) mass is 811 g/mol. The SMILES string of the molecule is CC\C=C/C=C\C=C/CCCCCCCC(=O)OC(COC(=O)CCCCCCC/C=C\C=C/CCCCCCCCC)COC(=O)CCCCCCCCCCC. The number of carbonyl (C=O) groups is 3. The van der Waals surface area contributed by atoms with Gasteiger partial charge in [-0.1, -0.05) is 210 Å². The van der Waals surface area contributed by atoms with E-state index < -0.39 is 6.10 Å². The highest BCUT2D eigenvalue weighted by atomic mass is 16.6. The maximum atomic E-state index is 12.7. The van der Waals surface area contributed by atoms with Gasteiger partial charge in [-0.3, -0.25) is 14.4 Å². The molecule has 0 amide bonds. The van der Waals surface area contributed by atoms with Crippen LogP contribution in [0.3, 0.4) is 0 Å². The van der Waals surface area contributed by atoms with E-state index in [0.717, 1.165) is 103 Å².